The van der Waals surface area contributed by atoms with E-state index in [1.165, 1.54) is 6.20 Å². The van der Waals surface area contributed by atoms with Crippen molar-refractivity contribution in [1.29, 1.82) is 0 Å². The molecule has 16 heavy (non-hydrogen) atoms. The Morgan fingerprint density at radius 3 is 2.75 bits per heavy atom. The Hall–Kier alpha value is -2.31. The van der Waals surface area contributed by atoms with Crippen LogP contribution in [-0.4, -0.2) is 23.6 Å². The van der Waals surface area contributed by atoms with E-state index in [4.69, 9.17) is 5.73 Å². The molecule has 1 heterocycles. The molecule has 84 valence electrons. The summed E-state index contributed by atoms with van der Waals surface area (Å²) in [4.78, 5) is 35.2. The van der Waals surface area contributed by atoms with Gasteiger partial charge in [-0.25, -0.2) is 4.79 Å². The Kier molecular flexibility index (Phi) is 4.07. The predicted molar refractivity (Wildman–Crippen MR) is 53.3 cm³/mol. The number of ether oxygens (including phenoxy) is 1. The Balaban J connectivity index is 2.73. The first-order valence-corrected chi connectivity index (χ1v) is 4.35. The minimum absolute atomic E-state index is 0.350. The zero-order valence-corrected chi connectivity index (χ0v) is 8.20. The van der Waals surface area contributed by atoms with Crippen LogP contribution < -0.4 is 5.73 Å². The highest BCUT2D eigenvalue weighted by atomic mass is 16.6. The van der Waals surface area contributed by atoms with E-state index in [0.717, 1.165) is 0 Å². The van der Waals surface area contributed by atoms with Gasteiger partial charge in [0.1, 0.15) is 12.5 Å². The van der Waals surface area contributed by atoms with Crippen molar-refractivity contribution >= 4 is 12.0 Å². The summed E-state index contributed by atoms with van der Waals surface area (Å²) in [6, 6.07) is 4.90. The number of carbonyl (C=O) groups excluding carboxylic acids is 2. The monoisotopic (exact) mass is 223 g/mol. The van der Waals surface area contributed by atoms with Crippen molar-refractivity contribution in [3.8, 4) is 0 Å². The van der Waals surface area contributed by atoms with Gasteiger partial charge >= 0.3 is 6.09 Å². The molecular weight excluding hydrogens is 214 g/mol. The number of amides is 2. The van der Waals surface area contributed by atoms with Crippen LogP contribution in [-0.2, 0) is 9.53 Å². The second-order valence-corrected chi connectivity index (χ2v) is 2.88. The normalized spacial score (nSPS) is 11.5. The molecule has 0 aliphatic heterocycles. The van der Waals surface area contributed by atoms with Crippen LogP contribution >= 0.6 is 0 Å². The highest BCUT2D eigenvalue weighted by Crippen LogP contribution is 2.12. The molecule has 2 N–H and O–H groups in total. The fourth-order valence-electron chi connectivity index (χ4n) is 1.08. The lowest BCUT2D eigenvalue weighted by molar-refractivity contribution is -0.120. The molecule has 7 nitrogen and oxygen atoms in total. The summed E-state index contributed by atoms with van der Waals surface area (Å²) < 4.78 is 4.41. The summed E-state index contributed by atoms with van der Waals surface area (Å²) in [5.74, 6) is -1.58. The Morgan fingerprint density at radius 1 is 1.50 bits per heavy atom. The third-order valence-electron chi connectivity index (χ3n) is 1.84. The van der Waals surface area contributed by atoms with Crippen LogP contribution in [0.4, 0.5) is 4.79 Å². The molecule has 2 amide bonds. The van der Waals surface area contributed by atoms with Gasteiger partial charge < -0.3 is 10.5 Å². The number of pyridine rings is 1. The molecular formula is C9H9N3O4. The number of nitrogens with zero attached hydrogens (tertiary/aromatic N) is 2. The van der Waals surface area contributed by atoms with Crippen molar-refractivity contribution in [3.63, 3.8) is 0 Å². The first kappa shape index (κ1) is 11.8. The van der Waals surface area contributed by atoms with Crippen LogP contribution in [0.2, 0.25) is 0 Å². The fraction of sp³-hybridized carbons (Fsp3) is 0.222. The molecule has 0 aromatic carbocycles. The Morgan fingerprint density at radius 2 is 2.25 bits per heavy atom. The number of aromatic nitrogens is 1. The molecule has 1 rings (SSSR count). The first-order chi connectivity index (χ1) is 7.65. The zero-order chi connectivity index (χ0) is 12.0. The third-order valence-corrected chi connectivity index (χ3v) is 1.84. The number of hydrogen-bond acceptors (Lipinski definition) is 5. The van der Waals surface area contributed by atoms with Gasteiger partial charge in [-0.15, -0.1) is 4.91 Å². The van der Waals surface area contributed by atoms with E-state index in [2.05, 4.69) is 9.72 Å². The highest BCUT2D eigenvalue weighted by molar-refractivity contribution is 5.82. The van der Waals surface area contributed by atoms with Crippen molar-refractivity contribution in [2.45, 2.75) is 5.92 Å². The van der Waals surface area contributed by atoms with Crippen molar-refractivity contribution in [2.75, 3.05) is 6.61 Å². The van der Waals surface area contributed by atoms with Crippen molar-refractivity contribution < 1.29 is 14.3 Å². The van der Waals surface area contributed by atoms with Crippen LogP contribution in [0.1, 0.15) is 11.6 Å². The molecule has 1 unspecified atom stereocenters. The van der Waals surface area contributed by atoms with Crippen molar-refractivity contribution in [2.24, 2.45) is 10.9 Å². The average molecular weight is 223 g/mol. The van der Waals surface area contributed by atoms with E-state index in [9.17, 15) is 14.5 Å². The molecule has 1 aromatic rings. The second-order valence-electron chi connectivity index (χ2n) is 2.88. The van der Waals surface area contributed by atoms with Crippen molar-refractivity contribution in [1.82, 2.24) is 4.98 Å². The maximum absolute atomic E-state index is 11.1. The van der Waals surface area contributed by atoms with Crippen LogP contribution in [0.3, 0.4) is 0 Å². The number of hydrogen-bond donors (Lipinski definition) is 1. The molecule has 0 saturated carbocycles. The smallest absolute Gasteiger partial charge is 0.445 e. The van der Waals surface area contributed by atoms with Gasteiger partial charge in [0, 0.05) is 6.20 Å². The van der Waals surface area contributed by atoms with Gasteiger partial charge in [-0.05, 0) is 12.1 Å². The lowest BCUT2D eigenvalue weighted by Gasteiger charge is -2.11. The van der Waals surface area contributed by atoms with Crippen LogP contribution in [0.25, 0.3) is 0 Å². The van der Waals surface area contributed by atoms with E-state index in [-0.39, 0.29) is 6.61 Å². The predicted octanol–water partition coefficient (Wildman–Crippen LogP) is 0.553. The summed E-state index contributed by atoms with van der Waals surface area (Å²) in [5.41, 5.74) is 5.49. The van der Waals surface area contributed by atoms with Gasteiger partial charge in [0.2, 0.25) is 5.91 Å². The maximum Gasteiger partial charge on any atom is 0.470 e. The SMILES string of the molecule is NC(=O)C(COC(=O)N=O)c1ccccn1. The molecule has 7 heteroatoms. The second kappa shape index (κ2) is 5.54. The molecule has 0 saturated heterocycles. The number of carbonyl (C=O) groups is 2. The molecule has 1 atom stereocenters. The number of nitrogens with two attached hydrogens (primary N) is 1. The number of nitroso groups, excluding NO2 is 1. The topological polar surface area (TPSA) is 112 Å². The van der Waals surface area contributed by atoms with Crippen LogP contribution in [0.15, 0.2) is 29.6 Å². The summed E-state index contributed by atoms with van der Waals surface area (Å²) in [7, 11) is 0. The lowest BCUT2D eigenvalue weighted by atomic mass is 10.1. The standard InChI is InChI=1S/C9H9N3O4/c10-8(13)6(5-16-9(14)12-15)7-3-1-2-4-11-7/h1-4,6H,5H2,(H2,10,13). The van der Waals surface area contributed by atoms with E-state index in [0.29, 0.717) is 5.69 Å². The van der Waals surface area contributed by atoms with Gasteiger partial charge in [0.25, 0.3) is 0 Å². The molecule has 0 radical (unpaired) electrons. The minimum atomic E-state index is -1.29. The minimum Gasteiger partial charge on any atom is -0.445 e. The van der Waals surface area contributed by atoms with Gasteiger partial charge in [0.15, 0.2) is 0 Å². The van der Waals surface area contributed by atoms with Gasteiger partial charge in [-0.1, -0.05) is 6.07 Å². The molecule has 0 aliphatic carbocycles. The average Bonchev–Trinajstić information content (AvgIpc) is 2.30. The zero-order valence-electron chi connectivity index (χ0n) is 8.20. The highest BCUT2D eigenvalue weighted by Gasteiger charge is 2.21. The van der Waals surface area contributed by atoms with Crippen LogP contribution in [0.5, 0.6) is 0 Å². The Bertz CT molecular complexity index is 393. The van der Waals surface area contributed by atoms with Crippen LogP contribution in [0, 0.1) is 4.91 Å². The van der Waals surface area contributed by atoms with E-state index < -0.39 is 17.9 Å². The summed E-state index contributed by atoms with van der Waals surface area (Å²) in [6.45, 7) is -0.350. The van der Waals surface area contributed by atoms with E-state index in [1.54, 1.807) is 18.2 Å². The van der Waals surface area contributed by atoms with Gasteiger partial charge in [-0.2, -0.15) is 0 Å². The number of primary amides is 1. The molecule has 0 spiro atoms. The third kappa shape index (κ3) is 3.12. The van der Waals surface area contributed by atoms with Gasteiger partial charge in [0.05, 0.1) is 10.9 Å². The van der Waals surface area contributed by atoms with E-state index in [1.807, 2.05) is 5.18 Å². The Labute approximate surface area is 90.6 Å². The molecule has 0 fully saturated rings. The molecule has 0 aliphatic rings. The number of rotatable bonds is 4. The van der Waals surface area contributed by atoms with Gasteiger partial charge in [-0.3, -0.25) is 9.78 Å². The summed E-state index contributed by atoms with van der Waals surface area (Å²) in [6.07, 6.45) is 0.188. The molecule has 0 bridgehead atoms. The van der Waals surface area contributed by atoms with E-state index >= 15 is 0 Å². The summed E-state index contributed by atoms with van der Waals surface area (Å²) in [5, 5.41) is 2.03. The first-order valence-electron chi connectivity index (χ1n) is 4.35. The lowest BCUT2D eigenvalue weighted by Crippen LogP contribution is -2.26. The maximum atomic E-state index is 11.1. The largest absolute Gasteiger partial charge is 0.470 e. The fourth-order valence-corrected chi connectivity index (χ4v) is 1.08. The summed E-state index contributed by atoms with van der Waals surface area (Å²) >= 11 is 0. The molecule has 1 aromatic heterocycles. The van der Waals surface area contributed by atoms with Crippen molar-refractivity contribution in [3.05, 3.63) is 35.0 Å². The quantitative estimate of drug-likeness (QED) is 0.749.